The van der Waals surface area contributed by atoms with Crippen molar-refractivity contribution in [3.05, 3.63) is 52.5 Å². The topological polar surface area (TPSA) is 59.1 Å². The Bertz CT molecular complexity index is 1050. The van der Waals surface area contributed by atoms with Crippen LogP contribution in [-0.4, -0.2) is 50.6 Å². The van der Waals surface area contributed by atoms with Crippen molar-refractivity contribution in [2.45, 2.75) is 17.6 Å². The fourth-order valence-electron chi connectivity index (χ4n) is 3.44. The third kappa shape index (κ3) is 4.22. The second-order valence-corrected chi connectivity index (χ2v) is 9.32. The second kappa shape index (κ2) is 7.92. The number of benzene rings is 2. The molecule has 1 saturated heterocycles. The number of nitrogens with zero attached hydrogens (tertiary/aromatic N) is 2. The maximum absolute atomic E-state index is 13.0. The molecule has 0 aromatic heterocycles. The van der Waals surface area contributed by atoms with Gasteiger partial charge in [0.25, 0.3) is 0 Å². The molecule has 0 aliphatic carbocycles. The number of hydrogen-bond donors (Lipinski definition) is 0. The van der Waals surface area contributed by atoms with E-state index < -0.39 is 26.7 Å². The summed E-state index contributed by atoms with van der Waals surface area (Å²) in [6.07, 6.45) is -4.65. The Morgan fingerprint density at radius 1 is 0.967 bits per heavy atom. The first kappa shape index (κ1) is 21.2. The molecule has 0 saturated carbocycles. The van der Waals surface area contributed by atoms with Gasteiger partial charge in [-0.15, -0.1) is 0 Å². The summed E-state index contributed by atoms with van der Waals surface area (Å²) in [4.78, 5) is 1.54. The minimum Gasteiger partial charge on any atom is -0.454 e. The highest BCUT2D eigenvalue weighted by atomic mass is 35.5. The van der Waals surface area contributed by atoms with Crippen molar-refractivity contribution >= 4 is 21.6 Å². The van der Waals surface area contributed by atoms with E-state index >= 15 is 0 Å². The number of fused-ring (bicyclic) bond motifs is 1. The smallest absolute Gasteiger partial charge is 0.416 e. The van der Waals surface area contributed by atoms with Crippen LogP contribution in [0.25, 0.3) is 0 Å². The van der Waals surface area contributed by atoms with Crippen molar-refractivity contribution in [1.82, 2.24) is 9.21 Å². The molecular formula is C19H18ClF3N2O4S. The summed E-state index contributed by atoms with van der Waals surface area (Å²) >= 11 is 5.93. The van der Waals surface area contributed by atoms with Gasteiger partial charge in [0.05, 0.1) is 10.6 Å². The standard InChI is InChI=1S/C19H18ClF3N2O4S/c20-15-3-2-14(19(21,22)23)10-18(15)30(26,27)25-7-5-24(6-8-25)11-13-1-4-16-17(9-13)29-12-28-16/h1-4,9-10H,5-8,11-12H2. The van der Waals surface area contributed by atoms with Crippen molar-refractivity contribution < 1.29 is 31.1 Å². The molecule has 0 unspecified atom stereocenters. The lowest BCUT2D eigenvalue weighted by atomic mass is 10.2. The Hall–Kier alpha value is -2.01. The molecule has 0 N–H and O–H groups in total. The first-order valence-electron chi connectivity index (χ1n) is 9.12. The average Bonchev–Trinajstić information content (AvgIpc) is 3.15. The maximum Gasteiger partial charge on any atom is 0.416 e. The Labute approximate surface area is 176 Å². The molecule has 2 aliphatic heterocycles. The third-order valence-corrected chi connectivity index (χ3v) is 7.43. The van der Waals surface area contributed by atoms with E-state index in [9.17, 15) is 21.6 Å². The predicted molar refractivity (Wildman–Crippen MR) is 103 cm³/mol. The lowest BCUT2D eigenvalue weighted by molar-refractivity contribution is -0.137. The molecular weight excluding hydrogens is 445 g/mol. The van der Waals surface area contributed by atoms with E-state index in [1.165, 1.54) is 4.31 Å². The molecule has 30 heavy (non-hydrogen) atoms. The van der Waals surface area contributed by atoms with Gasteiger partial charge in [0.15, 0.2) is 11.5 Å². The fourth-order valence-corrected chi connectivity index (χ4v) is 5.36. The van der Waals surface area contributed by atoms with Gasteiger partial charge in [-0.1, -0.05) is 17.7 Å². The number of hydrogen-bond acceptors (Lipinski definition) is 5. The van der Waals surface area contributed by atoms with Crippen molar-refractivity contribution in [1.29, 1.82) is 0 Å². The minimum absolute atomic E-state index is 0.152. The van der Waals surface area contributed by atoms with E-state index in [2.05, 4.69) is 4.90 Å². The largest absolute Gasteiger partial charge is 0.454 e. The molecule has 6 nitrogen and oxygen atoms in total. The summed E-state index contributed by atoms with van der Waals surface area (Å²) in [6, 6.07) is 7.95. The van der Waals surface area contributed by atoms with Gasteiger partial charge in [-0.05, 0) is 35.9 Å². The third-order valence-electron chi connectivity index (χ3n) is 5.05. The molecule has 11 heteroatoms. The van der Waals surface area contributed by atoms with Crippen LogP contribution >= 0.6 is 11.6 Å². The molecule has 2 heterocycles. The number of halogens is 4. The number of alkyl halides is 3. The molecule has 0 bridgehead atoms. The van der Waals surface area contributed by atoms with E-state index in [-0.39, 0.29) is 24.9 Å². The van der Waals surface area contributed by atoms with Crippen LogP contribution in [0.3, 0.4) is 0 Å². The molecule has 2 aliphatic rings. The van der Waals surface area contributed by atoms with Gasteiger partial charge in [-0.2, -0.15) is 17.5 Å². The van der Waals surface area contributed by atoms with Gasteiger partial charge in [0, 0.05) is 32.7 Å². The Morgan fingerprint density at radius 2 is 1.67 bits per heavy atom. The average molecular weight is 463 g/mol. The van der Waals surface area contributed by atoms with Crippen molar-refractivity contribution in [2.24, 2.45) is 0 Å². The van der Waals surface area contributed by atoms with Gasteiger partial charge >= 0.3 is 6.18 Å². The van der Waals surface area contributed by atoms with Crippen molar-refractivity contribution in [3.8, 4) is 11.5 Å². The van der Waals surface area contributed by atoms with Crippen LogP contribution in [0.4, 0.5) is 13.2 Å². The minimum atomic E-state index is -4.65. The van der Waals surface area contributed by atoms with Gasteiger partial charge in [0.2, 0.25) is 16.8 Å². The van der Waals surface area contributed by atoms with Gasteiger partial charge < -0.3 is 9.47 Å². The predicted octanol–water partition coefficient (Wildman–Crippen LogP) is 3.59. The number of piperazine rings is 1. The SMILES string of the molecule is O=S(=O)(c1cc(C(F)(F)F)ccc1Cl)N1CCN(Cc2ccc3c(c2)OCO3)CC1. The van der Waals surface area contributed by atoms with Gasteiger partial charge in [-0.3, -0.25) is 4.90 Å². The quantitative estimate of drug-likeness (QED) is 0.695. The molecule has 0 radical (unpaired) electrons. The first-order chi connectivity index (χ1) is 14.1. The summed E-state index contributed by atoms with van der Waals surface area (Å²) in [5.41, 5.74) is -0.0524. The van der Waals surface area contributed by atoms with E-state index in [1.807, 2.05) is 18.2 Å². The van der Waals surface area contributed by atoms with E-state index in [4.69, 9.17) is 21.1 Å². The molecule has 0 spiro atoms. The lowest BCUT2D eigenvalue weighted by Gasteiger charge is -2.34. The molecule has 2 aromatic rings. The maximum atomic E-state index is 13.0. The van der Waals surface area contributed by atoms with Crippen LogP contribution in [0, 0.1) is 0 Å². The summed E-state index contributed by atoms with van der Waals surface area (Å²) in [6.45, 7) is 1.95. The lowest BCUT2D eigenvalue weighted by Crippen LogP contribution is -2.48. The summed E-state index contributed by atoms with van der Waals surface area (Å²) in [7, 11) is -4.14. The Kier molecular flexibility index (Phi) is 5.60. The molecule has 4 rings (SSSR count). The van der Waals surface area contributed by atoms with E-state index in [0.717, 1.165) is 17.7 Å². The highest BCUT2D eigenvalue weighted by Crippen LogP contribution is 2.35. The van der Waals surface area contributed by atoms with Crippen LogP contribution in [-0.2, 0) is 22.7 Å². The zero-order valence-electron chi connectivity index (χ0n) is 15.7. The van der Waals surface area contributed by atoms with E-state index in [1.54, 1.807) is 0 Å². The monoisotopic (exact) mass is 462 g/mol. The second-order valence-electron chi connectivity index (χ2n) is 7.01. The van der Waals surface area contributed by atoms with E-state index in [0.29, 0.717) is 37.2 Å². The normalized spacial score (nSPS) is 18.0. The number of rotatable bonds is 4. The Morgan fingerprint density at radius 3 is 2.37 bits per heavy atom. The highest BCUT2D eigenvalue weighted by Gasteiger charge is 2.35. The van der Waals surface area contributed by atoms with Crippen LogP contribution < -0.4 is 9.47 Å². The summed E-state index contributed by atoms with van der Waals surface area (Å²) < 4.78 is 76.6. The highest BCUT2D eigenvalue weighted by molar-refractivity contribution is 7.89. The van der Waals surface area contributed by atoms with Crippen molar-refractivity contribution in [2.75, 3.05) is 33.0 Å². The van der Waals surface area contributed by atoms with Gasteiger partial charge in [-0.25, -0.2) is 8.42 Å². The van der Waals surface area contributed by atoms with Crippen molar-refractivity contribution in [3.63, 3.8) is 0 Å². The first-order valence-corrected chi connectivity index (χ1v) is 10.9. The number of ether oxygens (including phenoxy) is 2. The van der Waals surface area contributed by atoms with Gasteiger partial charge in [0.1, 0.15) is 4.90 Å². The molecule has 0 atom stereocenters. The van der Waals surface area contributed by atoms with Crippen LogP contribution in [0.2, 0.25) is 5.02 Å². The Balaban J connectivity index is 1.44. The molecule has 0 amide bonds. The summed E-state index contributed by atoms with van der Waals surface area (Å²) in [5.74, 6) is 1.36. The zero-order valence-corrected chi connectivity index (χ0v) is 17.2. The van der Waals surface area contributed by atoms with Crippen LogP contribution in [0.1, 0.15) is 11.1 Å². The zero-order chi connectivity index (χ0) is 21.5. The fraction of sp³-hybridized carbons (Fsp3) is 0.368. The molecule has 1 fully saturated rings. The van der Waals surface area contributed by atoms with Crippen LogP contribution in [0.15, 0.2) is 41.3 Å². The number of sulfonamides is 1. The summed E-state index contributed by atoms with van der Waals surface area (Å²) in [5, 5.41) is -0.231. The van der Waals surface area contributed by atoms with Crippen LogP contribution in [0.5, 0.6) is 11.5 Å². The molecule has 162 valence electrons. The molecule has 2 aromatic carbocycles.